The molecule has 0 bridgehead atoms. The van der Waals surface area contributed by atoms with Gasteiger partial charge in [-0.1, -0.05) is 23.2 Å². The van der Waals surface area contributed by atoms with Gasteiger partial charge in [0.25, 0.3) is 11.1 Å². The number of hydrogen-bond donors (Lipinski definition) is 0. The lowest BCUT2D eigenvalue weighted by atomic mass is 10.1. The molecule has 0 radical (unpaired) electrons. The highest BCUT2D eigenvalue weighted by molar-refractivity contribution is 6.42. The quantitative estimate of drug-likeness (QED) is 0.349. The second-order valence-corrected chi connectivity index (χ2v) is 8.81. The summed E-state index contributed by atoms with van der Waals surface area (Å²) in [6.45, 7) is 0. The highest BCUT2D eigenvalue weighted by Crippen LogP contribution is 2.31. The zero-order chi connectivity index (χ0) is 26.4. The standard InChI is InChI=1S/C27H15Cl2N3O5/c1-36-15-7-8-20(21(9-15)37-2)31-24-16-10-18(28)19(29)11-17(16)25(33)23-22(24)26(34)32(27(23)35)14-5-3-13(12-30)4-6-14/h3-11H,1-2H3. The van der Waals surface area contributed by atoms with Crippen molar-refractivity contribution in [3.8, 4) is 23.3 Å². The van der Waals surface area contributed by atoms with Gasteiger partial charge < -0.3 is 9.47 Å². The summed E-state index contributed by atoms with van der Waals surface area (Å²) in [6, 6.07) is 15.5. The lowest BCUT2D eigenvalue weighted by molar-refractivity contribution is 0.395. The summed E-state index contributed by atoms with van der Waals surface area (Å²) < 4.78 is 11.6. The van der Waals surface area contributed by atoms with Crippen molar-refractivity contribution >= 4 is 39.7 Å². The van der Waals surface area contributed by atoms with E-state index >= 15 is 0 Å². The molecule has 0 amide bonds. The molecule has 0 saturated heterocycles. The first-order valence-corrected chi connectivity index (χ1v) is 11.5. The topological polar surface area (TPSA) is 111 Å². The third-order valence-electron chi connectivity index (χ3n) is 5.98. The van der Waals surface area contributed by atoms with Gasteiger partial charge in [-0.25, -0.2) is 9.56 Å². The molecule has 0 atom stereocenters. The maximum atomic E-state index is 13.7. The van der Waals surface area contributed by atoms with E-state index in [1.165, 1.54) is 50.6 Å². The largest absolute Gasteiger partial charge is 0.497 e. The van der Waals surface area contributed by atoms with Crippen LogP contribution in [-0.4, -0.2) is 18.8 Å². The number of fused-ring (bicyclic) bond motifs is 1. The molecule has 5 rings (SSSR count). The van der Waals surface area contributed by atoms with Crippen molar-refractivity contribution in [3.05, 3.63) is 117 Å². The molecule has 37 heavy (non-hydrogen) atoms. The van der Waals surface area contributed by atoms with Crippen molar-refractivity contribution in [2.75, 3.05) is 14.2 Å². The average Bonchev–Trinajstić information content (AvgIpc) is 3.17. The van der Waals surface area contributed by atoms with Crippen LogP contribution in [0.25, 0.3) is 16.5 Å². The number of nitrogens with zero attached hydrogens (tertiary/aromatic N) is 3. The number of halogens is 2. The Labute approximate surface area is 218 Å². The van der Waals surface area contributed by atoms with Gasteiger partial charge in [-0.2, -0.15) is 5.26 Å². The molecule has 10 heteroatoms. The minimum Gasteiger partial charge on any atom is -0.497 e. The van der Waals surface area contributed by atoms with Crippen molar-refractivity contribution in [2.45, 2.75) is 0 Å². The molecule has 1 heterocycles. The SMILES string of the molecule is COc1ccc(N=c2c3c(=O)n(-c4ccc(C#N)cc4)c(=O)c=3c(=O)c3cc(Cl)c(Cl)cc23)c(OC)c1. The van der Waals surface area contributed by atoms with Crippen LogP contribution in [0.5, 0.6) is 11.5 Å². The van der Waals surface area contributed by atoms with E-state index in [4.69, 9.17) is 37.9 Å². The van der Waals surface area contributed by atoms with Crippen molar-refractivity contribution in [1.82, 2.24) is 4.57 Å². The van der Waals surface area contributed by atoms with Crippen molar-refractivity contribution in [2.24, 2.45) is 4.99 Å². The number of benzene rings is 3. The third kappa shape index (κ3) is 3.85. The van der Waals surface area contributed by atoms with Gasteiger partial charge in [0.15, 0.2) is 5.43 Å². The van der Waals surface area contributed by atoms with E-state index < -0.39 is 16.5 Å². The summed E-state index contributed by atoms with van der Waals surface area (Å²) in [7, 11) is 2.96. The number of aromatic nitrogens is 1. The molecule has 2 aliphatic rings. The van der Waals surface area contributed by atoms with Crippen molar-refractivity contribution < 1.29 is 9.47 Å². The summed E-state index contributed by atoms with van der Waals surface area (Å²) in [6.07, 6.45) is 0. The molecule has 0 saturated carbocycles. The molecule has 1 aliphatic carbocycles. The zero-order valence-electron chi connectivity index (χ0n) is 19.3. The highest BCUT2D eigenvalue weighted by atomic mass is 35.5. The van der Waals surface area contributed by atoms with Crippen LogP contribution in [0.4, 0.5) is 5.69 Å². The first kappa shape index (κ1) is 24.3. The molecular weight excluding hydrogens is 517 g/mol. The Balaban J connectivity index is 2.02. The van der Waals surface area contributed by atoms with E-state index in [2.05, 4.69) is 4.99 Å². The molecule has 0 spiro atoms. The molecule has 0 unspecified atom stereocenters. The summed E-state index contributed by atoms with van der Waals surface area (Å²) in [5.41, 5.74) is -1.32. The molecule has 3 aromatic carbocycles. The van der Waals surface area contributed by atoms with Gasteiger partial charge in [0, 0.05) is 16.8 Å². The Morgan fingerprint density at radius 2 is 1.49 bits per heavy atom. The number of ether oxygens (including phenoxy) is 2. The summed E-state index contributed by atoms with van der Waals surface area (Å²) in [4.78, 5) is 45.4. The molecule has 0 N–H and O–H groups in total. The lowest BCUT2D eigenvalue weighted by Crippen LogP contribution is -2.26. The van der Waals surface area contributed by atoms with Crippen molar-refractivity contribution in [1.29, 1.82) is 5.26 Å². The van der Waals surface area contributed by atoms with Crippen LogP contribution in [-0.2, 0) is 0 Å². The van der Waals surface area contributed by atoms with E-state index in [-0.39, 0.29) is 42.3 Å². The van der Waals surface area contributed by atoms with Crippen LogP contribution >= 0.6 is 23.2 Å². The van der Waals surface area contributed by atoms with E-state index in [0.29, 0.717) is 22.7 Å². The fraction of sp³-hybridized carbons (Fsp3) is 0.0741. The average molecular weight is 532 g/mol. The fourth-order valence-corrected chi connectivity index (χ4v) is 4.52. The number of methoxy groups -OCH3 is 2. The second kappa shape index (κ2) is 9.21. The van der Waals surface area contributed by atoms with Crippen molar-refractivity contribution in [3.63, 3.8) is 0 Å². The van der Waals surface area contributed by atoms with Gasteiger partial charge in [0.1, 0.15) is 22.4 Å². The molecule has 182 valence electrons. The van der Waals surface area contributed by atoms with Crippen LogP contribution < -0.4 is 31.4 Å². The zero-order valence-corrected chi connectivity index (χ0v) is 20.8. The Kier molecular flexibility index (Phi) is 6.04. The molecule has 3 aromatic rings. The van der Waals surface area contributed by atoms with Crippen LogP contribution in [0.1, 0.15) is 5.56 Å². The molecule has 1 aliphatic heterocycles. The summed E-state index contributed by atoms with van der Waals surface area (Å²) >= 11 is 12.5. The number of nitriles is 1. The fourth-order valence-electron chi connectivity index (χ4n) is 4.19. The summed E-state index contributed by atoms with van der Waals surface area (Å²) in [5, 5.41) is 9.26. The number of rotatable bonds is 4. The van der Waals surface area contributed by atoms with Gasteiger partial charge in [0.2, 0.25) is 0 Å². The first-order valence-electron chi connectivity index (χ1n) is 10.8. The van der Waals surface area contributed by atoms with E-state index in [9.17, 15) is 14.4 Å². The maximum Gasteiger partial charge on any atom is 0.270 e. The van der Waals surface area contributed by atoms with Gasteiger partial charge in [-0.15, -0.1) is 0 Å². The highest BCUT2D eigenvalue weighted by Gasteiger charge is 2.20. The molecule has 0 fully saturated rings. The molecule has 8 nitrogen and oxygen atoms in total. The maximum absolute atomic E-state index is 13.7. The van der Waals surface area contributed by atoms with Crippen LogP contribution in [0, 0.1) is 21.8 Å². The van der Waals surface area contributed by atoms with E-state index in [0.717, 1.165) is 4.57 Å². The predicted octanol–water partition coefficient (Wildman–Crippen LogP) is 3.74. The van der Waals surface area contributed by atoms with E-state index in [1.807, 2.05) is 6.07 Å². The Morgan fingerprint density at radius 1 is 0.838 bits per heavy atom. The van der Waals surface area contributed by atoms with Crippen LogP contribution in [0.3, 0.4) is 0 Å². The normalized spacial score (nSPS) is 11.7. The Bertz CT molecular complexity index is 2050. The monoisotopic (exact) mass is 531 g/mol. The molecule has 0 aromatic heterocycles. The van der Waals surface area contributed by atoms with Crippen LogP contribution in [0.15, 0.2) is 74.0 Å². The summed E-state index contributed by atoms with van der Waals surface area (Å²) in [5.74, 6) is 0.863. The van der Waals surface area contributed by atoms with E-state index in [1.54, 1.807) is 18.2 Å². The Hall–Kier alpha value is -4.45. The van der Waals surface area contributed by atoms with Gasteiger partial charge in [0.05, 0.1) is 52.2 Å². The van der Waals surface area contributed by atoms with Gasteiger partial charge in [-0.3, -0.25) is 14.4 Å². The molecular formula is C27H15Cl2N3O5. The van der Waals surface area contributed by atoms with Gasteiger partial charge >= 0.3 is 0 Å². The third-order valence-corrected chi connectivity index (χ3v) is 6.70. The minimum atomic E-state index is -0.805. The minimum absolute atomic E-state index is 0.0705. The second-order valence-electron chi connectivity index (χ2n) is 7.99. The predicted molar refractivity (Wildman–Crippen MR) is 139 cm³/mol. The van der Waals surface area contributed by atoms with Gasteiger partial charge in [-0.05, 0) is 48.5 Å². The first-order chi connectivity index (χ1) is 17.8. The Morgan fingerprint density at radius 3 is 2.11 bits per heavy atom. The smallest absolute Gasteiger partial charge is 0.270 e. The number of hydrogen-bond acceptors (Lipinski definition) is 7. The van der Waals surface area contributed by atoms with Crippen LogP contribution in [0.2, 0.25) is 10.0 Å². The lowest BCUT2D eigenvalue weighted by Gasteiger charge is -2.07.